The Morgan fingerprint density at radius 2 is 2.13 bits per heavy atom. The minimum Gasteiger partial charge on any atom is -0.297 e. The summed E-state index contributed by atoms with van der Waals surface area (Å²) in [7, 11) is 0. The molecule has 3 nitrogen and oxygen atoms in total. The van der Waals surface area contributed by atoms with Crippen LogP contribution < -0.4 is 4.87 Å². The first kappa shape index (κ1) is 8.79. The number of ketones is 1. The number of thiazole rings is 1. The lowest BCUT2D eigenvalue weighted by Crippen LogP contribution is -2.22. The first-order valence-corrected chi connectivity index (χ1v) is 5.35. The van der Waals surface area contributed by atoms with E-state index in [0.29, 0.717) is 16.8 Å². The molecule has 76 valence electrons. The highest BCUT2D eigenvalue weighted by Crippen LogP contribution is 2.28. The second kappa shape index (κ2) is 2.76. The van der Waals surface area contributed by atoms with Gasteiger partial charge in [-0.2, -0.15) is 0 Å². The number of halogens is 1. The second-order valence-corrected chi connectivity index (χ2v) is 4.46. The number of aryl methyl sites for hydroxylation is 1. The molecule has 3 rings (SSSR count). The summed E-state index contributed by atoms with van der Waals surface area (Å²) in [5.74, 6) is -0.741. The van der Waals surface area contributed by atoms with Gasteiger partial charge in [0, 0.05) is 13.0 Å². The molecule has 0 fully saturated rings. The van der Waals surface area contributed by atoms with Crippen molar-refractivity contribution < 1.29 is 9.18 Å². The van der Waals surface area contributed by atoms with Gasteiger partial charge in [0.1, 0.15) is 5.82 Å². The van der Waals surface area contributed by atoms with Crippen molar-refractivity contribution in [2.24, 2.45) is 0 Å². The highest BCUT2D eigenvalue weighted by Gasteiger charge is 2.25. The molecular formula is C10H6FNO2S. The number of hydrogen-bond donors (Lipinski definition) is 0. The molecule has 1 aliphatic heterocycles. The molecule has 0 atom stereocenters. The quantitative estimate of drug-likeness (QED) is 0.683. The molecule has 0 bridgehead atoms. The van der Waals surface area contributed by atoms with Gasteiger partial charge in [-0.15, -0.1) is 0 Å². The predicted octanol–water partition coefficient (Wildman–Crippen LogP) is 1.79. The highest BCUT2D eigenvalue weighted by molar-refractivity contribution is 7.16. The zero-order chi connectivity index (χ0) is 10.6. The SMILES string of the molecule is O=C1CCn2c(=O)sc3ccc(F)c1c32. The van der Waals surface area contributed by atoms with Crippen LogP contribution in [0.5, 0.6) is 0 Å². The fourth-order valence-corrected chi connectivity index (χ4v) is 2.87. The van der Waals surface area contributed by atoms with Crippen LogP contribution in [0.1, 0.15) is 16.8 Å². The topological polar surface area (TPSA) is 39.1 Å². The molecular weight excluding hydrogens is 217 g/mol. The Bertz CT molecular complexity index is 641. The molecule has 0 radical (unpaired) electrons. The lowest BCUT2D eigenvalue weighted by Gasteiger charge is -2.13. The molecule has 1 aliphatic rings. The van der Waals surface area contributed by atoms with Gasteiger partial charge in [-0.1, -0.05) is 11.3 Å². The van der Waals surface area contributed by atoms with Crippen molar-refractivity contribution in [3.8, 4) is 0 Å². The van der Waals surface area contributed by atoms with Gasteiger partial charge in [-0.05, 0) is 12.1 Å². The van der Waals surface area contributed by atoms with Crippen LogP contribution in [0.25, 0.3) is 10.2 Å². The second-order valence-electron chi connectivity index (χ2n) is 3.46. The van der Waals surface area contributed by atoms with Crippen LogP contribution in [-0.2, 0) is 6.54 Å². The van der Waals surface area contributed by atoms with Crippen molar-refractivity contribution in [1.82, 2.24) is 4.57 Å². The average Bonchev–Trinajstić information content (AvgIpc) is 2.52. The fraction of sp³-hybridized carbons (Fsp3) is 0.200. The molecule has 5 heteroatoms. The van der Waals surface area contributed by atoms with E-state index in [0.717, 1.165) is 11.3 Å². The van der Waals surface area contributed by atoms with Crippen LogP contribution in [0.2, 0.25) is 0 Å². The highest BCUT2D eigenvalue weighted by atomic mass is 32.1. The van der Waals surface area contributed by atoms with E-state index in [1.807, 2.05) is 0 Å². The monoisotopic (exact) mass is 223 g/mol. The predicted molar refractivity (Wildman–Crippen MR) is 55.0 cm³/mol. The van der Waals surface area contributed by atoms with Crippen LogP contribution >= 0.6 is 11.3 Å². The number of rotatable bonds is 0. The molecule has 0 spiro atoms. The summed E-state index contributed by atoms with van der Waals surface area (Å²) in [5.41, 5.74) is 0.554. The van der Waals surface area contributed by atoms with Crippen LogP contribution in [-0.4, -0.2) is 10.4 Å². The largest absolute Gasteiger partial charge is 0.308 e. The molecule has 0 saturated carbocycles. The summed E-state index contributed by atoms with van der Waals surface area (Å²) in [4.78, 5) is 23.0. The van der Waals surface area contributed by atoms with E-state index in [9.17, 15) is 14.0 Å². The van der Waals surface area contributed by atoms with Crippen LogP contribution in [0.15, 0.2) is 16.9 Å². The first-order chi connectivity index (χ1) is 7.18. The Labute approximate surface area is 87.8 Å². The minimum absolute atomic E-state index is 0.0806. The number of aromatic nitrogens is 1. The maximum Gasteiger partial charge on any atom is 0.308 e. The average molecular weight is 223 g/mol. The lowest BCUT2D eigenvalue weighted by molar-refractivity contribution is 0.0969. The maximum absolute atomic E-state index is 13.5. The summed E-state index contributed by atoms with van der Waals surface area (Å²) in [6, 6.07) is 2.80. The minimum atomic E-state index is -0.529. The van der Waals surface area contributed by atoms with Gasteiger partial charge < -0.3 is 0 Å². The molecule has 0 aliphatic carbocycles. The van der Waals surface area contributed by atoms with Crippen molar-refractivity contribution in [2.75, 3.05) is 0 Å². The van der Waals surface area contributed by atoms with E-state index < -0.39 is 5.82 Å². The molecule has 0 amide bonds. The van der Waals surface area contributed by atoms with E-state index in [1.165, 1.54) is 10.6 Å². The van der Waals surface area contributed by atoms with Crippen molar-refractivity contribution >= 4 is 27.3 Å². The zero-order valence-corrected chi connectivity index (χ0v) is 8.44. The number of carbonyl (C=O) groups is 1. The number of nitrogens with zero attached hydrogens (tertiary/aromatic N) is 1. The van der Waals surface area contributed by atoms with E-state index >= 15 is 0 Å². The summed E-state index contributed by atoms with van der Waals surface area (Å²) in [6.45, 7) is 0.369. The van der Waals surface area contributed by atoms with Crippen LogP contribution in [0.4, 0.5) is 4.39 Å². The summed E-state index contributed by atoms with van der Waals surface area (Å²) in [5, 5.41) is 0. The third-order valence-corrected chi connectivity index (χ3v) is 3.56. The normalized spacial score (nSPS) is 14.9. The Balaban J connectivity index is 2.61. The van der Waals surface area contributed by atoms with Crippen molar-refractivity contribution in [3.05, 3.63) is 33.2 Å². The number of benzene rings is 1. The number of Topliss-reactive ketones (excluding diaryl/α,β-unsaturated/α-hetero) is 1. The van der Waals surface area contributed by atoms with E-state index in [-0.39, 0.29) is 22.6 Å². The molecule has 1 aromatic carbocycles. The maximum atomic E-state index is 13.5. The van der Waals surface area contributed by atoms with Gasteiger partial charge >= 0.3 is 4.87 Å². The Morgan fingerprint density at radius 1 is 1.33 bits per heavy atom. The molecule has 15 heavy (non-hydrogen) atoms. The Kier molecular flexibility index (Phi) is 1.62. The van der Waals surface area contributed by atoms with Gasteiger partial charge in [0.15, 0.2) is 5.78 Å². The van der Waals surface area contributed by atoms with E-state index in [2.05, 4.69) is 0 Å². The summed E-state index contributed by atoms with van der Waals surface area (Å²) < 4.78 is 15.6. The molecule has 0 saturated heterocycles. The third-order valence-electron chi connectivity index (χ3n) is 2.62. The third kappa shape index (κ3) is 1.04. The molecule has 1 aromatic heterocycles. The molecule has 2 heterocycles. The summed E-state index contributed by atoms with van der Waals surface area (Å²) in [6.07, 6.45) is 0.208. The Morgan fingerprint density at radius 3 is 2.93 bits per heavy atom. The molecule has 2 aromatic rings. The number of carbonyl (C=O) groups excluding carboxylic acids is 1. The van der Waals surface area contributed by atoms with Gasteiger partial charge in [0.05, 0.1) is 15.8 Å². The fourth-order valence-electron chi connectivity index (χ4n) is 1.94. The van der Waals surface area contributed by atoms with Crippen molar-refractivity contribution in [1.29, 1.82) is 0 Å². The lowest BCUT2D eigenvalue weighted by atomic mass is 10.0. The number of hydrogen-bond acceptors (Lipinski definition) is 3. The smallest absolute Gasteiger partial charge is 0.297 e. The van der Waals surface area contributed by atoms with Gasteiger partial charge in [-0.25, -0.2) is 4.39 Å². The Hall–Kier alpha value is -1.49. The molecule has 0 N–H and O–H groups in total. The summed E-state index contributed by atoms with van der Waals surface area (Å²) >= 11 is 1.06. The zero-order valence-electron chi connectivity index (χ0n) is 7.62. The van der Waals surface area contributed by atoms with Gasteiger partial charge in [-0.3, -0.25) is 14.2 Å². The van der Waals surface area contributed by atoms with Crippen molar-refractivity contribution in [3.63, 3.8) is 0 Å². The first-order valence-electron chi connectivity index (χ1n) is 4.53. The van der Waals surface area contributed by atoms with Crippen LogP contribution in [0, 0.1) is 5.82 Å². The van der Waals surface area contributed by atoms with Gasteiger partial charge in [0.25, 0.3) is 0 Å². The van der Waals surface area contributed by atoms with E-state index in [4.69, 9.17) is 0 Å². The van der Waals surface area contributed by atoms with Crippen molar-refractivity contribution in [2.45, 2.75) is 13.0 Å². The van der Waals surface area contributed by atoms with Crippen LogP contribution in [0.3, 0.4) is 0 Å². The van der Waals surface area contributed by atoms with Gasteiger partial charge in [0.2, 0.25) is 0 Å². The van der Waals surface area contributed by atoms with E-state index in [1.54, 1.807) is 6.07 Å². The molecule has 0 unspecified atom stereocenters. The standard InChI is InChI=1S/C10H6FNO2S/c11-5-1-2-7-9-8(5)6(13)3-4-12(9)10(14)15-7/h1-2H,3-4H2.